The van der Waals surface area contributed by atoms with E-state index in [-0.39, 0.29) is 5.91 Å². The lowest BCUT2D eigenvalue weighted by Gasteiger charge is -2.22. The first-order chi connectivity index (χ1) is 11.3. The third kappa shape index (κ3) is 2.52. The van der Waals surface area contributed by atoms with Crippen LogP contribution in [0.15, 0.2) is 71.9 Å². The Labute approximate surface area is 136 Å². The van der Waals surface area contributed by atoms with Crippen LogP contribution < -0.4 is 9.80 Å². The second-order valence-corrected chi connectivity index (χ2v) is 6.06. The average molecular weight is 304 g/mol. The van der Waals surface area contributed by atoms with Gasteiger partial charge in [-0.1, -0.05) is 36.4 Å². The lowest BCUT2D eigenvalue weighted by molar-refractivity contribution is -0.114. The van der Waals surface area contributed by atoms with Crippen LogP contribution in [0.4, 0.5) is 11.4 Å². The van der Waals surface area contributed by atoms with Crippen LogP contribution in [0.2, 0.25) is 0 Å². The summed E-state index contributed by atoms with van der Waals surface area (Å²) < 4.78 is 0. The standard InChI is InChI=1S/C20H20N2O/c23-20-18(13-15-22(20)17-10-5-2-6-11-17)19-12-7-14-21(19)16-8-3-1-4-9-16/h1-6,8-11H,7,12-15H2/b19-18-. The molecule has 0 spiro atoms. The molecule has 3 heteroatoms. The van der Waals surface area contributed by atoms with Gasteiger partial charge in [0.05, 0.1) is 0 Å². The van der Waals surface area contributed by atoms with E-state index in [0.29, 0.717) is 0 Å². The van der Waals surface area contributed by atoms with Crippen LogP contribution in [-0.4, -0.2) is 19.0 Å². The number of carbonyl (C=O) groups is 1. The van der Waals surface area contributed by atoms with Gasteiger partial charge in [0.15, 0.2) is 0 Å². The molecule has 2 fully saturated rings. The number of allylic oxidation sites excluding steroid dienone is 1. The van der Waals surface area contributed by atoms with Gasteiger partial charge in [-0.2, -0.15) is 0 Å². The lowest BCUT2D eigenvalue weighted by Crippen LogP contribution is -2.26. The zero-order chi connectivity index (χ0) is 15.6. The molecule has 2 heterocycles. The molecule has 0 bridgehead atoms. The number of anilines is 2. The fraction of sp³-hybridized carbons (Fsp3) is 0.250. The Morgan fingerprint density at radius 3 is 1.96 bits per heavy atom. The molecule has 1 amide bonds. The highest BCUT2D eigenvalue weighted by atomic mass is 16.2. The summed E-state index contributed by atoms with van der Waals surface area (Å²) in [4.78, 5) is 17.1. The lowest BCUT2D eigenvalue weighted by atomic mass is 10.1. The number of para-hydroxylation sites is 2. The Morgan fingerprint density at radius 2 is 1.30 bits per heavy atom. The van der Waals surface area contributed by atoms with Crippen molar-refractivity contribution < 1.29 is 4.79 Å². The van der Waals surface area contributed by atoms with Crippen molar-refractivity contribution in [3.63, 3.8) is 0 Å². The van der Waals surface area contributed by atoms with Gasteiger partial charge in [-0.25, -0.2) is 0 Å². The van der Waals surface area contributed by atoms with Crippen molar-refractivity contribution in [2.75, 3.05) is 22.9 Å². The molecule has 4 rings (SSSR count). The van der Waals surface area contributed by atoms with Crippen LogP contribution in [0.1, 0.15) is 19.3 Å². The quantitative estimate of drug-likeness (QED) is 0.784. The van der Waals surface area contributed by atoms with Crippen molar-refractivity contribution in [3.8, 4) is 0 Å². The zero-order valence-electron chi connectivity index (χ0n) is 13.1. The van der Waals surface area contributed by atoms with Gasteiger partial charge in [-0.05, 0) is 43.5 Å². The highest BCUT2D eigenvalue weighted by molar-refractivity contribution is 6.09. The SMILES string of the molecule is O=C1/C(=C2/CCCN2c2ccccc2)CCN1c1ccccc1. The molecular formula is C20H20N2O. The van der Waals surface area contributed by atoms with E-state index in [1.54, 1.807) is 0 Å². The summed E-state index contributed by atoms with van der Waals surface area (Å²) in [6, 6.07) is 20.4. The largest absolute Gasteiger partial charge is 0.345 e. The van der Waals surface area contributed by atoms with Crippen LogP contribution in [0, 0.1) is 0 Å². The Morgan fingerprint density at radius 1 is 0.696 bits per heavy atom. The van der Waals surface area contributed by atoms with Crippen molar-refractivity contribution in [3.05, 3.63) is 71.9 Å². The number of hydrogen-bond acceptors (Lipinski definition) is 2. The summed E-state index contributed by atoms with van der Waals surface area (Å²) in [6.07, 6.45) is 2.96. The van der Waals surface area contributed by atoms with Gasteiger partial charge in [0.25, 0.3) is 5.91 Å². The Balaban J connectivity index is 1.67. The van der Waals surface area contributed by atoms with Crippen molar-refractivity contribution in [1.82, 2.24) is 0 Å². The Bertz CT molecular complexity index is 737. The maximum absolute atomic E-state index is 12.9. The minimum atomic E-state index is 0.175. The van der Waals surface area contributed by atoms with E-state index in [2.05, 4.69) is 29.2 Å². The molecule has 3 nitrogen and oxygen atoms in total. The molecule has 0 aromatic heterocycles. The van der Waals surface area contributed by atoms with Crippen LogP contribution in [-0.2, 0) is 4.79 Å². The summed E-state index contributed by atoms with van der Waals surface area (Å²) in [5.41, 5.74) is 4.41. The summed E-state index contributed by atoms with van der Waals surface area (Å²) in [5, 5.41) is 0. The summed E-state index contributed by atoms with van der Waals surface area (Å²) in [5.74, 6) is 0.175. The topological polar surface area (TPSA) is 23.6 Å². The molecule has 2 aliphatic rings. The van der Waals surface area contributed by atoms with Crippen molar-refractivity contribution in [2.24, 2.45) is 0 Å². The minimum Gasteiger partial charge on any atom is -0.345 e. The molecule has 116 valence electrons. The number of nitrogens with zero attached hydrogens (tertiary/aromatic N) is 2. The molecule has 23 heavy (non-hydrogen) atoms. The second-order valence-electron chi connectivity index (χ2n) is 6.06. The van der Waals surface area contributed by atoms with Gasteiger partial charge in [0.1, 0.15) is 0 Å². The van der Waals surface area contributed by atoms with E-state index in [4.69, 9.17) is 0 Å². The number of carbonyl (C=O) groups excluding carboxylic acids is 1. The summed E-state index contributed by atoms with van der Waals surface area (Å²) in [7, 11) is 0. The minimum absolute atomic E-state index is 0.175. The highest BCUT2D eigenvalue weighted by Crippen LogP contribution is 2.35. The van der Waals surface area contributed by atoms with E-state index < -0.39 is 0 Å². The van der Waals surface area contributed by atoms with Gasteiger partial charge in [0, 0.05) is 35.7 Å². The van der Waals surface area contributed by atoms with Gasteiger partial charge in [-0.15, -0.1) is 0 Å². The first kappa shape index (κ1) is 14.1. The fourth-order valence-electron chi connectivity index (χ4n) is 3.60. The van der Waals surface area contributed by atoms with Crippen LogP contribution in [0.25, 0.3) is 0 Å². The van der Waals surface area contributed by atoms with Gasteiger partial charge < -0.3 is 9.80 Å². The Hall–Kier alpha value is -2.55. The third-order valence-corrected chi connectivity index (χ3v) is 4.69. The molecule has 2 aromatic carbocycles. The molecule has 2 aromatic rings. The molecule has 0 radical (unpaired) electrons. The predicted octanol–water partition coefficient (Wildman–Crippen LogP) is 3.98. The monoisotopic (exact) mass is 304 g/mol. The summed E-state index contributed by atoms with van der Waals surface area (Å²) in [6.45, 7) is 1.78. The second kappa shape index (κ2) is 5.92. The molecule has 0 aliphatic carbocycles. The fourth-order valence-corrected chi connectivity index (χ4v) is 3.60. The number of amides is 1. The van der Waals surface area contributed by atoms with E-state index >= 15 is 0 Å². The zero-order valence-corrected chi connectivity index (χ0v) is 13.1. The molecule has 0 saturated carbocycles. The van der Waals surface area contributed by atoms with E-state index in [1.807, 2.05) is 41.3 Å². The van der Waals surface area contributed by atoms with Gasteiger partial charge in [0.2, 0.25) is 0 Å². The maximum atomic E-state index is 12.9. The molecule has 0 N–H and O–H groups in total. The third-order valence-electron chi connectivity index (χ3n) is 4.69. The molecule has 0 unspecified atom stereocenters. The highest BCUT2D eigenvalue weighted by Gasteiger charge is 2.33. The molecule has 0 atom stereocenters. The van der Waals surface area contributed by atoms with Gasteiger partial charge in [-0.3, -0.25) is 4.79 Å². The van der Waals surface area contributed by atoms with E-state index in [0.717, 1.165) is 43.6 Å². The normalized spacial score (nSPS) is 21.3. The number of rotatable bonds is 2. The van der Waals surface area contributed by atoms with Crippen molar-refractivity contribution >= 4 is 17.3 Å². The molecular weight excluding hydrogens is 284 g/mol. The molecule has 2 saturated heterocycles. The first-order valence-electron chi connectivity index (χ1n) is 8.26. The number of hydrogen-bond donors (Lipinski definition) is 0. The predicted molar refractivity (Wildman–Crippen MR) is 93.5 cm³/mol. The van der Waals surface area contributed by atoms with E-state index in [1.165, 1.54) is 11.4 Å². The van der Waals surface area contributed by atoms with Crippen molar-refractivity contribution in [2.45, 2.75) is 19.3 Å². The van der Waals surface area contributed by atoms with Crippen molar-refractivity contribution in [1.29, 1.82) is 0 Å². The van der Waals surface area contributed by atoms with E-state index in [9.17, 15) is 4.79 Å². The smallest absolute Gasteiger partial charge is 0.256 e. The van der Waals surface area contributed by atoms with Gasteiger partial charge >= 0.3 is 0 Å². The van der Waals surface area contributed by atoms with Crippen LogP contribution >= 0.6 is 0 Å². The maximum Gasteiger partial charge on any atom is 0.256 e. The Kier molecular flexibility index (Phi) is 3.62. The average Bonchev–Trinajstić information content (AvgIpc) is 3.23. The first-order valence-corrected chi connectivity index (χ1v) is 8.26. The van der Waals surface area contributed by atoms with Crippen LogP contribution in [0.5, 0.6) is 0 Å². The summed E-state index contributed by atoms with van der Waals surface area (Å²) >= 11 is 0. The number of benzene rings is 2. The van der Waals surface area contributed by atoms with Crippen LogP contribution in [0.3, 0.4) is 0 Å². The molecule has 2 aliphatic heterocycles.